The van der Waals surface area contributed by atoms with Gasteiger partial charge in [-0.1, -0.05) is 254 Å². The average Bonchev–Trinajstić information content (AvgIpc) is 0.740. The first kappa shape index (κ1) is 52.5. The molecular weight excluding hydrogens is 1390 g/mol. The second-order valence-electron chi connectivity index (χ2n) is 29.3. The Kier molecular flexibility index (Phi) is 16.2. The number of aryl methyl sites for hydroxylation is 19. The molecule has 0 aliphatic carbocycles. The maximum atomic E-state index is 8.26. The molecule has 4 aromatic heterocycles. The molecule has 570 valence electrons. The van der Waals surface area contributed by atoms with E-state index in [-0.39, 0.29) is 66.8 Å². The summed E-state index contributed by atoms with van der Waals surface area (Å²) in [6, 6.07) is 93.1. The Balaban J connectivity index is 0.000000160. The summed E-state index contributed by atoms with van der Waals surface area (Å²) < 4.78 is 228. The number of aromatic nitrogens is 4. The number of benzene rings is 12. The first-order valence-electron chi connectivity index (χ1n) is 51.6. The Morgan fingerprint density at radius 2 is 0.522 bits per heavy atom. The summed E-state index contributed by atoms with van der Waals surface area (Å²) >= 11 is 0. The van der Waals surface area contributed by atoms with Crippen LogP contribution in [0, 0.1) is 103 Å². The van der Waals surface area contributed by atoms with Crippen molar-refractivity contribution in [3.63, 3.8) is 0 Å². The van der Waals surface area contributed by atoms with Crippen LogP contribution in [0.25, 0.3) is 134 Å². The second kappa shape index (κ2) is 35.5. The van der Waals surface area contributed by atoms with Crippen LogP contribution in [0.5, 0.6) is 0 Å². The van der Waals surface area contributed by atoms with Crippen molar-refractivity contribution >= 4 is 0 Å². The minimum Gasteiger partial charge on any atom is -0.201 e. The van der Waals surface area contributed by atoms with E-state index in [0.29, 0.717) is 33.6 Å². The Morgan fingerprint density at radius 3 is 0.930 bits per heavy atom. The van der Waals surface area contributed by atoms with Gasteiger partial charge in [-0.3, -0.25) is 0 Å². The molecule has 0 atom stereocenters. The monoisotopic (exact) mass is 1530 g/mol. The molecule has 0 unspecified atom stereocenters. The summed E-state index contributed by atoms with van der Waals surface area (Å²) in [6.07, 6.45) is 6.57. The lowest BCUT2D eigenvalue weighted by Crippen LogP contribution is -2.31. The van der Waals surface area contributed by atoms with Crippen LogP contribution in [0.1, 0.15) is 120 Å². The largest absolute Gasteiger partial charge is 0.213 e. The zero-order chi connectivity index (χ0) is 104. The lowest BCUT2D eigenvalue weighted by atomic mass is 9.90. The van der Waals surface area contributed by atoms with Crippen molar-refractivity contribution in [2.45, 2.75) is 103 Å². The minimum absolute atomic E-state index is 0.0699. The van der Waals surface area contributed by atoms with Gasteiger partial charge >= 0.3 is 0 Å². The average molecular weight is 1530 g/mol. The number of hydrogen-bond donors (Lipinski definition) is 0. The van der Waals surface area contributed by atoms with Crippen LogP contribution in [0.3, 0.4) is 0 Å². The number of rotatable bonds is 12. The van der Waals surface area contributed by atoms with E-state index in [1.165, 1.54) is 42.7 Å². The zero-order valence-electron chi connectivity index (χ0n) is 93.4. The molecule has 0 radical (unpaired) electrons. The topological polar surface area (TPSA) is 15.5 Å². The van der Waals surface area contributed by atoms with Crippen LogP contribution in [0.4, 0.5) is 0 Å². The molecule has 4 nitrogen and oxygen atoms in total. The molecule has 4 heteroatoms. The van der Waals surface area contributed by atoms with Crippen molar-refractivity contribution in [1.82, 2.24) is 0 Å². The first-order valence-corrected chi connectivity index (χ1v) is 38.1. The van der Waals surface area contributed by atoms with Crippen LogP contribution in [0.2, 0.25) is 0 Å². The zero-order valence-corrected chi connectivity index (χ0v) is 66.4. The fourth-order valence-electron chi connectivity index (χ4n) is 14.8. The van der Waals surface area contributed by atoms with Crippen molar-refractivity contribution in [3.8, 4) is 134 Å². The lowest BCUT2D eigenvalue weighted by Gasteiger charge is -2.15. The molecule has 115 heavy (non-hydrogen) atoms. The highest BCUT2D eigenvalue weighted by Crippen LogP contribution is 2.40. The second-order valence-corrected chi connectivity index (χ2v) is 29.3. The smallest absolute Gasteiger partial charge is 0.201 e. The SMILES string of the molecule is [2H]C([2H])([2H])c1c[n+](C)c(-c2cc(-c3ccccc3)ccc2C)cc1-c1c(C([2H])([2H])[2H])cc(C)cc1C([2H])([2H])[2H].[2H]C([2H])([2H])c1c[n+](C)c(-c2cc(-c3ccccc3)ccc2C)cc1-c1c(C([2H])([2H])[2H])cccc1C([2H])([2H])[2H].[2H]C([2H])([2H])c1cc(C)c(-c2cc(-c3ccccc3)cc[n+]2C)cc1-c1ccccc1.[2H]C([2H])([2H])c1cc(C)ccc1-c1cc(-c2cc(-c3ccccc3)ccc2C)[n+](C)cc1C([2H])([2H])[2H]. The van der Waals surface area contributed by atoms with Gasteiger partial charge in [-0.25, -0.2) is 18.3 Å². The van der Waals surface area contributed by atoms with E-state index in [4.69, 9.17) is 37.0 Å². The van der Waals surface area contributed by atoms with Crippen molar-refractivity contribution in [2.75, 3.05) is 0 Å². The summed E-state index contributed by atoms with van der Waals surface area (Å²) in [5.74, 6) is 0. The molecule has 0 saturated heterocycles. The fourth-order valence-corrected chi connectivity index (χ4v) is 14.8. The highest BCUT2D eigenvalue weighted by Gasteiger charge is 2.25. The summed E-state index contributed by atoms with van der Waals surface area (Å²) in [4.78, 5) is 0. The highest BCUT2D eigenvalue weighted by atomic mass is 14.9. The Labute approximate surface area is 723 Å². The molecule has 0 spiro atoms. The van der Waals surface area contributed by atoms with E-state index in [2.05, 4.69) is 53.2 Å². The summed E-state index contributed by atoms with van der Waals surface area (Å²) in [5.41, 5.74) is 22.3. The van der Waals surface area contributed by atoms with Crippen molar-refractivity contribution in [1.29, 1.82) is 0 Å². The van der Waals surface area contributed by atoms with Gasteiger partial charge in [-0.2, -0.15) is 0 Å². The predicted molar refractivity (Wildman–Crippen MR) is 487 cm³/mol. The number of pyridine rings is 4. The van der Waals surface area contributed by atoms with E-state index < -0.39 is 61.7 Å². The van der Waals surface area contributed by atoms with Crippen LogP contribution >= 0.6 is 0 Å². The Hall–Kier alpha value is -12.8. The minimum atomic E-state index is -2.67. The number of hydrogen-bond acceptors (Lipinski definition) is 0. The van der Waals surface area contributed by atoms with Gasteiger partial charge in [-0.05, 0) is 272 Å². The predicted octanol–water partition coefficient (Wildman–Crippen LogP) is 26.7. The van der Waals surface area contributed by atoms with Crippen LogP contribution in [0.15, 0.2) is 322 Å². The Bertz CT molecular complexity index is 7250. The van der Waals surface area contributed by atoms with Gasteiger partial charge in [0.2, 0.25) is 22.8 Å². The van der Waals surface area contributed by atoms with E-state index in [0.717, 1.165) is 117 Å². The van der Waals surface area contributed by atoms with Gasteiger partial charge in [0.1, 0.15) is 28.2 Å². The number of nitrogens with zero attached hydrogens (tertiary/aromatic N) is 4. The van der Waals surface area contributed by atoms with Gasteiger partial charge in [0.15, 0.2) is 24.8 Å². The molecule has 12 aromatic carbocycles. The van der Waals surface area contributed by atoms with Gasteiger partial charge < -0.3 is 0 Å². The van der Waals surface area contributed by atoms with Crippen LogP contribution in [-0.2, 0) is 28.2 Å². The Morgan fingerprint density at radius 1 is 0.183 bits per heavy atom. The maximum Gasteiger partial charge on any atom is 0.213 e. The van der Waals surface area contributed by atoms with Crippen LogP contribution < -0.4 is 18.3 Å². The van der Waals surface area contributed by atoms with Crippen LogP contribution in [-0.4, -0.2) is 0 Å². The van der Waals surface area contributed by atoms with E-state index in [9.17, 15) is 0 Å². The van der Waals surface area contributed by atoms with E-state index >= 15 is 0 Å². The third kappa shape index (κ3) is 18.2. The molecule has 0 amide bonds. The molecule has 0 N–H and O–H groups in total. The molecule has 16 rings (SSSR count). The van der Waals surface area contributed by atoms with E-state index in [1.807, 2.05) is 253 Å². The molecule has 0 aliphatic heterocycles. The maximum absolute atomic E-state index is 8.26. The molecule has 16 aromatic rings. The molecule has 0 aliphatic rings. The third-order valence-corrected chi connectivity index (χ3v) is 21.0. The standard InChI is InChI=1S/C29H30N.2C28H28N.C26H24N/c1-19-14-21(3)29(22(4)15-19)27-17-28(30(6)18-23(27)5)26-16-25(13-12-20(26)2)24-10-8-7-9-11-24;1-19-14-15-24(23-12-7-6-8-13-23)16-25(19)27-17-26(22(4)18-29(27)5)28-20(2)10-9-11-21(28)3;1-19-11-14-25(21(3)15-19)26-17-28(29(5)18-22(26)4)27-16-24(13-12-20(27)2)23-9-7-6-8-10-23;1-19-16-20(2)25(18-24(19)22-12-8-5-9-13-22)26-17-23(14-15-27(26)3)21-10-6-4-7-11-21/h7-18H,1-6H3;2*6-18H,1-5H3;4-18H,1-3H3/q4*+1/i3D3,4D3,5D3;2D3,3D3,4D3;3D3,4D3;1D3. The summed E-state index contributed by atoms with van der Waals surface area (Å²) in [6.45, 7) is -11.6. The normalized spacial score (nSPS) is 15.4. The highest BCUT2D eigenvalue weighted by molar-refractivity contribution is 5.84. The molecule has 0 fully saturated rings. The van der Waals surface area contributed by atoms with Crippen molar-refractivity contribution in [2.24, 2.45) is 28.2 Å². The first-order chi connectivity index (χ1) is 66.3. The third-order valence-electron chi connectivity index (χ3n) is 21.0. The molecular formula is C111H110N4+4. The van der Waals surface area contributed by atoms with E-state index in [1.54, 1.807) is 60.6 Å². The van der Waals surface area contributed by atoms with Crippen molar-refractivity contribution in [3.05, 3.63) is 405 Å². The summed E-state index contributed by atoms with van der Waals surface area (Å²) in [7, 11) is 7.29. The molecule has 0 bridgehead atoms. The van der Waals surface area contributed by atoms with Gasteiger partial charge in [0, 0.05) is 106 Å². The molecule has 0 saturated carbocycles. The quantitative estimate of drug-likeness (QED) is 0.108. The van der Waals surface area contributed by atoms with Gasteiger partial charge in [0.05, 0.1) is 0 Å². The lowest BCUT2D eigenvalue weighted by molar-refractivity contribution is -0.660. The summed E-state index contributed by atoms with van der Waals surface area (Å²) in [5, 5.41) is 0. The van der Waals surface area contributed by atoms with Crippen molar-refractivity contribution < 1.29 is 55.3 Å². The molecule has 4 heterocycles. The fraction of sp³-hybridized carbons (Fsp3) is 0.171. The van der Waals surface area contributed by atoms with Gasteiger partial charge in [-0.15, -0.1) is 0 Å². The van der Waals surface area contributed by atoms with Gasteiger partial charge in [0.25, 0.3) is 0 Å².